The topological polar surface area (TPSA) is 37.8 Å². The van der Waals surface area contributed by atoms with Crippen molar-refractivity contribution in [3.63, 3.8) is 0 Å². The molecule has 0 bridgehead atoms. The highest BCUT2D eigenvalue weighted by atomic mass is 15.2. The Bertz CT molecular complexity index is 854. The van der Waals surface area contributed by atoms with Crippen LogP contribution < -0.4 is 5.32 Å². The van der Waals surface area contributed by atoms with E-state index in [1.165, 1.54) is 32.1 Å². The van der Waals surface area contributed by atoms with E-state index in [0.717, 1.165) is 40.2 Å². The van der Waals surface area contributed by atoms with Crippen molar-refractivity contribution < 1.29 is 0 Å². The summed E-state index contributed by atoms with van der Waals surface area (Å²) >= 11 is 0. The van der Waals surface area contributed by atoms with Crippen LogP contribution in [0.5, 0.6) is 0 Å². The minimum Gasteiger partial charge on any atom is -0.365 e. The van der Waals surface area contributed by atoms with Crippen LogP contribution in [-0.4, -0.2) is 16.2 Å². The highest BCUT2D eigenvalue weighted by Crippen LogP contribution is 2.33. The van der Waals surface area contributed by atoms with Crippen LogP contribution in [0, 0.1) is 5.92 Å². The van der Waals surface area contributed by atoms with Gasteiger partial charge in [0.25, 0.3) is 0 Å². The predicted octanol–water partition coefficient (Wildman–Crippen LogP) is 6.07. The van der Waals surface area contributed by atoms with E-state index >= 15 is 0 Å². The summed E-state index contributed by atoms with van der Waals surface area (Å²) in [4.78, 5) is 0. The van der Waals surface area contributed by atoms with E-state index in [2.05, 4.69) is 58.8 Å². The normalized spacial score (nSPS) is 16.5. The van der Waals surface area contributed by atoms with Gasteiger partial charge in [0.05, 0.1) is 0 Å². The third-order valence-corrected chi connectivity index (χ3v) is 5.72. The zero-order chi connectivity index (χ0) is 17.8. The van der Waals surface area contributed by atoms with E-state index in [-0.39, 0.29) is 0 Å². The molecule has 134 valence electrons. The number of hydrogen-bond acceptors (Lipinski definition) is 3. The Morgan fingerprint density at radius 3 is 2.31 bits per heavy atom. The molecule has 1 aliphatic carbocycles. The largest absolute Gasteiger partial charge is 0.365 e. The molecule has 0 saturated heterocycles. The highest BCUT2D eigenvalue weighted by molar-refractivity contribution is 6.00. The first kappa shape index (κ1) is 17.0. The number of fused-ring (bicyclic) bond motifs is 1. The third kappa shape index (κ3) is 3.44. The first-order chi connectivity index (χ1) is 12.9. The lowest BCUT2D eigenvalue weighted by atomic mass is 9.83. The van der Waals surface area contributed by atoms with Crippen molar-refractivity contribution >= 4 is 16.6 Å². The molecule has 1 saturated carbocycles. The Morgan fingerprint density at radius 2 is 1.58 bits per heavy atom. The van der Waals surface area contributed by atoms with Gasteiger partial charge in [-0.05, 0) is 25.2 Å². The quantitative estimate of drug-likeness (QED) is 0.610. The zero-order valence-electron chi connectivity index (χ0n) is 15.5. The molecular weight excluding hydrogens is 318 g/mol. The van der Waals surface area contributed by atoms with Crippen LogP contribution in [-0.2, 0) is 0 Å². The molecule has 0 spiro atoms. The number of nitrogens with one attached hydrogen (secondary N) is 1. The molecule has 2 aromatic carbocycles. The van der Waals surface area contributed by atoms with Gasteiger partial charge < -0.3 is 5.32 Å². The van der Waals surface area contributed by atoms with Crippen LogP contribution in [0.2, 0.25) is 0 Å². The maximum Gasteiger partial charge on any atom is 0.156 e. The minimum atomic E-state index is 0.482. The van der Waals surface area contributed by atoms with Crippen LogP contribution in [0.3, 0.4) is 0 Å². The molecule has 0 aliphatic heterocycles. The molecule has 1 heterocycles. The number of anilines is 1. The molecule has 1 aromatic heterocycles. The lowest BCUT2D eigenvalue weighted by Crippen LogP contribution is -2.30. The number of benzene rings is 2. The van der Waals surface area contributed by atoms with Crippen LogP contribution in [0.4, 0.5) is 5.82 Å². The first-order valence-corrected chi connectivity index (χ1v) is 9.94. The van der Waals surface area contributed by atoms with E-state index in [0.29, 0.717) is 6.04 Å². The van der Waals surface area contributed by atoms with E-state index in [1.807, 2.05) is 18.2 Å². The average Bonchev–Trinajstić information content (AvgIpc) is 2.73. The molecule has 3 heteroatoms. The number of nitrogens with zero attached hydrogens (tertiary/aromatic N) is 2. The van der Waals surface area contributed by atoms with Gasteiger partial charge in [-0.1, -0.05) is 80.8 Å². The average molecular weight is 345 g/mol. The summed E-state index contributed by atoms with van der Waals surface area (Å²) in [6.45, 7) is 2.28. The van der Waals surface area contributed by atoms with Crippen molar-refractivity contribution in [2.24, 2.45) is 5.92 Å². The van der Waals surface area contributed by atoms with Crippen molar-refractivity contribution in [3.05, 3.63) is 54.6 Å². The fourth-order valence-corrected chi connectivity index (χ4v) is 4.29. The standard InChI is InChI=1S/C23H27N3/c1-2-21(17-11-5-3-6-12-17)24-23-20-16-10-9-15-19(20)22(25-26-23)18-13-7-4-8-14-18/h4,7-10,13-17,21H,2-3,5-6,11-12H2,1H3,(H,24,26). The summed E-state index contributed by atoms with van der Waals surface area (Å²) in [7, 11) is 0. The van der Waals surface area contributed by atoms with Crippen molar-refractivity contribution in [1.82, 2.24) is 10.2 Å². The Morgan fingerprint density at radius 1 is 0.885 bits per heavy atom. The molecular formula is C23H27N3. The van der Waals surface area contributed by atoms with Gasteiger partial charge in [-0.3, -0.25) is 0 Å². The van der Waals surface area contributed by atoms with Gasteiger partial charge in [0.15, 0.2) is 5.82 Å². The summed E-state index contributed by atoms with van der Waals surface area (Å²) in [6, 6.07) is 19.3. The Kier molecular flexibility index (Phi) is 5.14. The van der Waals surface area contributed by atoms with Gasteiger partial charge in [-0.2, -0.15) is 0 Å². The smallest absolute Gasteiger partial charge is 0.156 e. The molecule has 3 nitrogen and oxygen atoms in total. The Balaban J connectivity index is 1.70. The summed E-state index contributed by atoms with van der Waals surface area (Å²) in [5, 5.41) is 15.3. The maximum atomic E-state index is 4.60. The summed E-state index contributed by atoms with van der Waals surface area (Å²) < 4.78 is 0. The zero-order valence-corrected chi connectivity index (χ0v) is 15.5. The van der Waals surface area contributed by atoms with Crippen molar-refractivity contribution in [2.75, 3.05) is 5.32 Å². The second-order valence-electron chi connectivity index (χ2n) is 7.37. The van der Waals surface area contributed by atoms with Crippen LogP contribution in [0.1, 0.15) is 45.4 Å². The summed E-state index contributed by atoms with van der Waals surface area (Å²) in [5.41, 5.74) is 2.07. The third-order valence-electron chi connectivity index (χ3n) is 5.72. The van der Waals surface area contributed by atoms with Crippen molar-refractivity contribution in [2.45, 2.75) is 51.5 Å². The summed E-state index contributed by atoms with van der Waals surface area (Å²) in [6.07, 6.45) is 7.91. The lowest BCUT2D eigenvalue weighted by Gasteiger charge is -2.30. The second kappa shape index (κ2) is 7.86. The monoisotopic (exact) mass is 345 g/mol. The van der Waals surface area contributed by atoms with Crippen LogP contribution in [0.25, 0.3) is 22.0 Å². The van der Waals surface area contributed by atoms with Gasteiger partial charge in [0, 0.05) is 22.4 Å². The van der Waals surface area contributed by atoms with Crippen LogP contribution >= 0.6 is 0 Å². The molecule has 1 fully saturated rings. The van der Waals surface area contributed by atoms with Crippen molar-refractivity contribution in [1.29, 1.82) is 0 Å². The molecule has 1 aliphatic rings. The van der Waals surface area contributed by atoms with Gasteiger partial charge in [-0.25, -0.2) is 0 Å². The molecule has 1 atom stereocenters. The van der Waals surface area contributed by atoms with E-state index in [1.54, 1.807) is 0 Å². The van der Waals surface area contributed by atoms with Gasteiger partial charge >= 0.3 is 0 Å². The SMILES string of the molecule is CCC(Nc1nnc(-c2ccccc2)c2ccccc12)C1CCCCC1. The number of hydrogen-bond donors (Lipinski definition) is 1. The molecule has 0 amide bonds. The van der Waals surface area contributed by atoms with Gasteiger partial charge in [0.1, 0.15) is 5.69 Å². The molecule has 4 rings (SSSR count). The van der Waals surface area contributed by atoms with Gasteiger partial charge in [-0.15, -0.1) is 10.2 Å². The maximum absolute atomic E-state index is 4.60. The molecule has 3 aromatic rings. The number of rotatable bonds is 5. The molecule has 26 heavy (non-hydrogen) atoms. The van der Waals surface area contributed by atoms with E-state index in [9.17, 15) is 0 Å². The Labute approximate surface area is 155 Å². The lowest BCUT2D eigenvalue weighted by molar-refractivity contribution is 0.312. The fraction of sp³-hybridized carbons (Fsp3) is 0.391. The predicted molar refractivity (Wildman–Crippen MR) is 109 cm³/mol. The molecule has 1 N–H and O–H groups in total. The second-order valence-corrected chi connectivity index (χ2v) is 7.37. The van der Waals surface area contributed by atoms with Crippen molar-refractivity contribution in [3.8, 4) is 11.3 Å². The first-order valence-electron chi connectivity index (χ1n) is 9.94. The minimum absolute atomic E-state index is 0.482. The number of aromatic nitrogens is 2. The fourth-order valence-electron chi connectivity index (χ4n) is 4.29. The van der Waals surface area contributed by atoms with Gasteiger partial charge in [0.2, 0.25) is 0 Å². The van der Waals surface area contributed by atoms with E-state index < -0.39 is 0 Å². The molecule has 0 radical (unpaired) electrons. The molecule has 1 unspecified atom stereocenters. The highest BCUT2D eigenvalue weighted by Gasteiger charge is 2.23. The Hall–Kier alpha value is -2.42. The van der Waals surface area contributed by atoms with Crippen LogP contribution in [0.15, 0.2) is 54.6 Å². The van der Waals surface area contributed by atoms with E-state index in [4.69, 9.17) is 0 Å². The summed E-state index contributed by atoms with van der Waals surface area (Å²) in [5.74, 6) is 1.68.